The molecule has 1 amide bonds. The molecule has 0 aliphatic heterocycles. The van der Waals surface area contributed by atoms with Crippen LogP contribution in [0.5, 0.6) is 0 Å². The highest BCUT2D eigenvalue weighted by Crippen LogP contribution is 2.36. The number of hydrogen-bond donors (Lipinski definition) is 2. The Kier molecular flexibility index (Phi) is 3.36. The molecule has 1 aliphatic carbocycles. The van der Waals surface area contributed by atoms with Crippen LogP contribution in [0.15, 0.2) is 18.2 Å². The first-order valence-corrected chi connectivity index (χ1v) is 6.22. The Morgan fingerprint density at radius 2 is 2.24 bits per heavy atom. The minimum atomic E-state index is 0.00926. The van der Waals surface area contributed by atoms with Crippen LogP contribution in [0.4, 0.5) is 5.69 Å². The van der Waals surface area contributed by atoms with Gasteiger partial charge >= 0.3 is 0 Å². The van der Waals surface area contributed by atoms with Crippen molar-refractivity contribution in [3.63, 3.8) is 0 Å². The maximum atomic E-state index is 12.0. The predicted octanol–water partition coefficient (Wildman–Crippen LogP) is 2.35. The van der Waals surface area contributed by atoms with Crippen LogP contribution in [0.1, 0.15) is 35.7 Å². The molecule has 1 aliphatic rings. The zero-order valence-electron chi connectivity index (χ0n) is 10.5. The fraction of sp³-hybridized carbons (Fsp3) is 0.500. The van der Waals surface area contributed by atoms with E-state index in [2.05, 4.69) is 12.2 Å². The Morgan fingerprint density at radius 1 is 1.53 bits per heavy atom. The van der Waals surface area contributed by atoms with Crippen molar-refractivity contribution in [2.45, 2.75) is 26.7 Å². The van der Waals surface area contributed by atoms with E-state index < -0.39 is 0 Å². The highest BCUT2D eigenvalue weighted by atomic mass is 16.1. The molecule has 0 spiro atoms. The number of rotatable bonds is 4. The van der Waals surface area contributed by atoms with Crippen LogP contribution >= 0.6 is 0 Å². The summed E-state index contributed by atoms with van der Waals surface area (Å²) in [6.07, 6.45) is 2.63. The molecule has 1 atom stereocenters. The van der Waals surface area contributed by atoms with Gasteiger partial charge < -0.3 is 11.1 Å². The average Bonchev–Trinajstić information content (AvgIpc) is 3.09. The first-order chi connectivity index (χ1) is 8.08. The summed E-state index contributed by atoms with van der Waals surface area (Å²) in [4.78, 5) is 12.0. The first kappa shape index (κ1) is 12.0. The number of benzene rings is 1. The number of aryl methyl sites for hydroxylation is 1. The second-order valence-electron chi connectivity index (χ2n) is 5.10. The fourth-order valence-electron chi connectivity index (χ4n) is 2.12. The fourth-order valence-corrected chi connectivity index (χ4v) is 2.12. The Labute approximate surface area is 102 Å². The topological polar surface area (TPSA) is 55.1 Å². The van der Waals surface area contributed by atoms with Crippen LogP contribution in [0.25, 0.3) is 0 Å². The molecule has 1 aromatic rings. The molecule has 0 heterocycles. The summed E-state index contributed by atoms with van der Waals surface area (Å²) in [5, 5.41) is 3.00. The van der Waals surface area contributed by atoms with E-state index in [0.29, 0.717) is 11.6 Å². The third-order valence-electron chi connectivity index (χ3n) is 3.51. The van der Waals surface area contributed by atoms with Crippen molar-refractivity contribution in [3.05, 3.63) is 29.3 Å². The van der Waals surface area contributed by atoms with Gasteiger partial charge in [-0.3, -0.25) is 4.79 Å². The number of anilines is 1. The maximum absolute atomic E-state index is 12.0. The van der Waals surface area contributed by atoms with Crippen LogP contribution < -0.4 is 11.1 Å². The Morgan fingerprint density at radius 3 is 2.82 bits per heavy atom. The summed E-state index contributed by atoms with van der Waals surface area (Å²) in [5.74, 6) is 1.42. The second kappa shape index (κ2) is 4.78. The van der Waals surface area contributed by atoms with Gasteiger partial charge in [-0.05, 0) is 55.4 Å². The molecule has 17 heavy (non-hydrogen) atoms. The van der Waals surface area contributed by atoms with Crippen LogP contribution in [0.3, 0.4) is 0 Å². The van der Waals surface area contributed by atoms with E-state index in [1.54, 1.807) is 12.1 Å². The molecule has 3 heteroatoms. The summed E-state index contributed by atoms with van der Waals surface area (Å²) in [6.45, 7) is 4.89. The average molecular weight is 232 g/mol. The lowest BCUT2D eigenvalue weighted by Crippen LogP contribution is -2.29. The highest BCUT2D eigenvalue weighted by Gasteiger charge is 2.27. The molecule has 0 bridgehead atoms. The van der Waals surface area contributed by atoms with Gasteiger partial charge in [-0.2, -0.15) is 0 Å². The minimum Gasteiger partial charge on any atom is -0.399 e. The second-order valence-corrected chi connectivity index (χ2v) is 5.10. The molecule has 3 nitrogen and oxygen atoms in total. The first-order valence-electron chi connectivity index (χ1n) is 6.22. The summed E-state index contributed by atoms with van der Waals surface area (Å²) in [5.41, 5.74) is 8.02. The number of hydrogen-bond acceptors (Lipinski definition) is 2. The van der Waals surface area contributed by atoms with Gasteiger partial charge in [0.25, 0.3) is 5.91 Å². The van der Waals surface area contributed by atoms with E-state index in [-0.39, 0.29) is 5.91 Å². The number of nitrogen functional groups attached to an aromatic ring is 1. The molecule has 1 unspecified atom stereocenters. The van der Waals surface area contributed by atoms with E-state index in [4.69, 9.17) is 5.73 Å². The third-order valence-corrected chi connectivity index (χ3v) is 3.51. The van der Waals surface area contributed by atoms with Crippen LogP contribution in [-0.2, 0) is 0 Å². The van der Waals surface area contributed by atoms with Crippen LogP contribution in [0, 0.1) is 18.8 Å². The molecule has 92 valence electrons. The van der Waals surface area contributed by atoms with Crippen LogP contribution in [0.2, 0.25) is 0 Å². The van der Waals surface area contributed by atoms with Crippen molar-refractivity contribution < 1.29 is 4.79 Å². The molecule has 0 aromatic heterocycles. The quantitative estimate of drug-likeness (QED) is 0.783. The van der Waals surface area contributed by atoms with Crippen molar-refractivity contribution in [1.29, 1.82) is 0 Å². The molecule has 0 saturated heterocycles. The minimum absolute atomic E-state index is 0.00926. The number of carbonyl (C=O) groups is 1. The van der Waals surface area contributed by atoms with Crippen molar-refractivity contribution in [3.8, 4) is 0 Å². The van der Waals surface area contributed by atoms with Crippen molar-refractivity contribution in [2.24, 2.45) is 11.8 Å². The Bertz CT molecular complexity index is 424. The van der Waals surface area contributed by atoms with Crippen molar-refractivity contribution >= 4 is 11.6 Å². The number of carbonyl (C=O) groups excluding carboxylic acids is 1. The van der Waals surface area contributed by atoms with Gasteiger partial charge in [0.05, 0.1) is 0 Å². The zero-order valence-corrected chi connectivity index (χ0v) is 10.5. The van der Waals surface area contributed by atoms with Gasteiger partial charge in [-0.25, -0.2) is 0 Å². The van der Waals surface area contributed by atoms with Gasteiger partial charge in [0.2, 0.25) is 0 Å². The number of amides is 1. The smallest absolute Gasteiger partial charge is 0.251 e. The molecule has 0 radical (unpaired) electrons. The van der Waals surface area contributed by atoms with Gasteiger partial charge in [-0.15, -0.1) is 0 Å². The monoisotopic (exact) mass is 232 g/mol. The van der Waals surface area contributed by atoms with E-state index >= 15 is 0 Å². The lowest BCUT2D eigenvalue weighted by Gasteiger charge is -2.12. The summed E-state index contributed by atoms with van der Waals surface area (Å²) < 4.78 is 0. The summed E-state index contributed by atoms with van der Waals surface area (Å²) >= 11 is 0. The Hall–Kier alpha value is -1.51. The Balaban J connectivity index is 1.94. The number of nitrogens with one attached hydrogen (secondary N) is 1. The molecule has 3 N–H and O–H groups in total. The highest BCUT2D eigenvalue weighted by molar-refractivity contribution is 5.95. The predicted molar refractivity (Wildman–Crippen MR) is 69.8 cm³/mol. The molecular weight excluding hydrogens is 212 g/mol. The third kappa shape index (κ3) is 2.99. The number of nitrogens with two attached hydrogens (primary N) is 1. The lowest BCUT2D eigenvalue weighted by atomic mass is 10.1. The van der Waals surface area contributed by atoms with Gasteiger partial charge in [0.1, 0.15) is 0 Å². The van der Waals surface area contributed by atoms with Gasteiger partial charge in [0, 0.05) is 17.8 Å². The van der Waals surface area contributed by atoms with Crippen molar-refractivity contribution in [1.82, 2.24) is 5.32 Å². The molecular formula is C14H20N2O. The standard InChI is InChI=1S/C14H20N2O/c1-9-7-12(15)5-6-13(9)14(17)16-8-10(2)11-3-4-11/h5-7,10-11H,3-4,8,15H2,1-2H3,(H,16,17). The largest absolute Gasteiger partial charge is 0.399 e. The maximum Gasteiger partial charge on any atom is 0.251 e. The van der Waals surface area contributed by atoms with E-state index in [1.807, 2.05) is 13.0 Å². The van der Waals surface area contributed by atoms with Gasteiger partial charge in [0.15, 0.2) is 0 Å². The van der Waals surface area contributed by atoms with E-state index in [9.17, 15) is 4.79 Å². The lowest BCUT2D eigenvalue weighted by molar-refractivity contribution is 0.0946. The zero-order chi connectivity index (χ0) is 12.4. The van der Waals surface area contributed by atoms with Gasteiger partial charge in [-0.1, -0.05) is 6.92 Å². The van der Waals surface area contributed by atoms with Crippen molar-refractivity contribution in [2.75, 3.05) is 12.3 Å². The summed E-state index contributed by atoms with van der Waals surface area (Å²) in [6, 6.07) is 5.40. The normalized spacial score (nSPS) is 16.6. The van der Waals surface area contributed by atoms with E-state index in [0.717, 1.165) is 23.6 Å². The summed E-state index contributed by atoms with van der Waals surface area (Å²) in [7, 11) is 0. The molecule has 1 saturated carbocycles. The molecule has 1 aromatic carbocycles. The van der Waals surface area contributed by atoms with E-state index in [1.165, 1.54) is 12.8 Å². The molecule has 2 rings (SSSR count). The molecule has 1 fully saturated rings. The SMILES string of the molecule is Cc1cc(N)ccc1C(=O)NCC(C)C1CC1. The van der Waals surface area contributed by atoms with Crippen LogP contribution in [-0.4, -0.2) is 12.5 Å².